The molecule has 1 aromatic carbocycles. The van der Waals surface area contributed by atoms with Crippen molar-refractivity contribution < 1.29 is 9.31 Å². The van der Waals surface area contributed by atoms with Crippen LogP contribution in [0.2, 0.25) is 5.02 Å². The molecule has 1 aromatic heterocycles. The Kier molecular flexibility index (Phi) is 4.14. The van der Waals surface area contributed by atoms with Crippen LogP contribution in [-0.2, 0) is 6.54 Å². The van der Waals surface area contributed by atoms with Crippen LogP contribution in [0.3, 0.4) is 0 Å². The molecule has 0 aliphatic rings. The third kappa shape index (κ3) is 3.21. The molecule has 1 heterocycles. The standard InChI is InChI=1S/C13H11ClFN3O2/c1-8-4-10(18(19)20)7-17-13(8)16-6-9-2-3-12(15)11(14)5-9/h2-5,7H,6H2,1H3,(H,16,17). The van der Waals surface area contributed by atoms with E-state index >= 15 is 0 Å². The number of hydrogen-bond donors (Lipinski definition) is 1. The predicted octanol–water partition coefficient (Wildman–Crippen LogP) is 3.70. The van der Waals surface area contributed by atoms with Crippen molar-refractivity contribution in [2.45, 2.75) is 13.5 Å². The zero-order chi connectivity index (χ0) is 14.7. The van der Waals surface area contributed by atoms with Crippen molar-refractivity contribution in [3.05, 3.63) is 62.5 Å². The van der Waals surface area contributed by atoms with Crippen molar-refractivity contribution in [3.63, 3.8) is 0 Å². The van der Waals surface area contributed by atoms with E-state index in [9.17, 15) is 14.5 Å². The van der Waals surface area contributed by atoms with E-state index in [4.69, 9.17) is 11.6 Å². The second kappa shape index (κ2) is 5.83. The van der Waals surface area contributed by atoms with Crippen molar-refractivity contribution in [1.82, 2.24) is 4.98 Å². The van der Waals surface area contributed by atoms with Crippen LogP contribution in [0, 0.1) is 22.9 Å². The number of aromatic nitrogens is 1. The highest BCUT2D eigenvalue weighted by Gasteiger charge is 2.09. The highest BCUT2D eigenvalue weighted by molar-refractivity contribution is 6.30. The zero-order valence-electron chi connectivity index (χ0n) is 10.6. The minimum Gasteiger partial charge on any atom is -0.366 e. The molecular weight excluding hydrogens is 285 g/mol. The number of nitrogens with zero attached hydrogens (tertiary/aromatic N) is 2. The van der Waals surface area contributed by atoms with Gasteiger partial charge in [-0.15, -0.1) is 0 Å². The second-order valence-corrected chi connectivity index (χ2v) is 4.63. The smallest absolute Gasteiger partial charge is 0.287 e. The molecule has 7 heteroatoms. The van der Waals surface area contributed by atoms with Crippen molar-refractivity contribution >= 4 is 23.1 Å². The van der Waals surface area contributed by atoms with Gasteiger partial charge in [-0.1, -0.05) is 17.7 Å². The SMILES string of the molecule is Cc1cc([N+](=O)[O-])cnc1NCc1ccc(F)c(Cl)c1. The van der Waals surface area contributed by atoms with Gasteiger partial charge in [0.15, 0.2) is 0 Å². The Bertz CT molecular complexity index is 664. The molecule has 0 spiro atoms. The monoisotopic (exact) mass is 295 g/mol. The molecule has 0 unspecified atom stereocenters. The van der Waals surface area contributed by atoms with E-state index in [2.05, 4.69) is 10.3 Å². The molecular formula is C13H11ClFN3O2. The first-order chi connectivity index (χ1) is 9.47. The summed E-state index contributed by atoms with van der Waals surface area (Å²) in [6.07, 6.45) is 1.19. The lowest BCUT2D eigenvalue weighted by Gasteiger charge is -2.08. The average molecular weight is 296 g/mol. The van der Waals surface area contributed by atoms with Gasteiger partial charge in [0.25, 0.3) is 5.69 Å². The van der Waals surface area contributed by atoms with E-state index in [1.54, 1.807) is 13.0 Å². The minimum absolute atomic E-state index is 0.0534. The van der Waals surface area contributed by atoms with Crippen molar-refractivity contribution in [1.29, 1.82) is 0 Å². The fourth-order valence-corrected chi connectivity index (χ4v) is 1.88. The molecule has 5 nitrogen and oxygen atoms in total. The first-order valence-corrected chi connectivity index (χ1v) is 6.14. The maximum Gasteiger partial charge on any atom is 0.287 e. The number of halogens is 2. The van der Waals surface area contributed by atoms with Crippen LogP contribution in [0.1, 0.15) is 11.1 Å². The third-order valence-corrected chi connectivity index (χ3v) is 3.01. The van der Waals surface area contributed by atoms with Crippen LogP contribution in [0.5, 0.6) is 0 Å². The van der Waals surface area contributed by atoms with Crippen molar-refractivity contribution in [2.24, 2.45) is 0 Å². The predicted molar refractivity (Wildman–Crippen MR) is 74.4 cm³/mol. The van der Waals surface area contributed by atoms with Crippen LogP contribution in [-0.4, -0.2) is 9.91 Å². The number of nitro groups is 1. The number of rotatable bonds is 4. The highest BCUT2D eigenvalue weighted by Crippen LogP contribution is 2.20. The maximum atomic E-state index is 13.0. The van der Waals surface area contributed by atoms with Crippen molar-refractivity contribution in [3.8, 4) is 0 Å². The first kappa shape index (κ1) is 14.2. The largest absolute Gasteiger partial charge is 0.366 e. The van der Waals surface area contributed by atoms with Gasteiger partial charge in [-0.05, 0) is 30.2 Å². The van der Waals surface area contributed by atoms with Gasteiger partial charge < -0.3 is 5.32 Å². The highest BCUT2D eigenvalue weighted by atomic mass is 35.5. The van der Waals surface area contributed by atoms with Gasteiger partial charge in [-0.25, -0.2) is 9.37 Å². The molecule has 20 heavy (non-hydrogen) atoms. The first-order valence-electron chi connectivity index (χ1n) is 5.76. The van der Waals surface area contributed by atoms with E-state index in [0.29, 0.717) is 17.9 Å². The van der Waals surface area contributed by atoms with Gasteiger partial charge in [0.2, 0.25) is 0 Å². The molecule has 0 aliphatic carbocycles. The van der Waals surface area contributed by atoms with Gasteiger partial charge >= 0.3 is 0 Å². The Morgan fingerprint density at radius 3 is 2.80 bits per heavy atom. The molecule has 104 valence electrons. The molecule has 0 atom stereocenters. The van der Waals surface area contributed by atoms with E-state index < -0.39 is 10.7 Å². The molecule has 0 radical (unpaired) electrons. The van der Waals surface area contributed by atoms with Gasteiger partial charge in [-0.3, -0.25) is 10.1 Å². The fourth-order valence-electron chi connectivity index (χ4n) is 1.68. The van der Waals surface area contributed by atoms with E-state index in [-0.39, 0.29) is 10.7 Å². The molecule has 2 aromatic rings. The summed E-state index contributed by atoms with van der Waals surface area (Å²) in [6.45, 7) is 2.12. The third-order valence-electron chi connectivity index (χ3n) is 2.72. The Balaban J connectivity index is 2.10. The normalized spacial score (nSPS) is 10.3. The topological polar surface area (TPSA) is 68.1 Å². The molecule has 0 bridgehead atoms. The Hall–Kier alpha value is -2.21. The van der Waals surface area contributed by atoms with Gasteiger partial charge in [0, 0.05) is 12.6 Å². The number of nitrogens with one attached hydrogen (secondary N) is 1. The summed E-state index contributed by atoms with van der Waals surface area (Å²) >= 11 is 5.69. The van der Waals surface area contributed by atoms with Crippen LogP contribution in [0.15, 0.2) is 30.5 Å². The summed E-state index contributed by atoms with van der Waals surface area (Å²) in [6, 6.07) is 5.85. The van der Waals surface area contributed by atoms with Crippen molar-refractivity contribution in [2.75, 3.05) is 5.32 Å². The van der Waals surface area contributed by atoms with Crippen LogP contribution < -0.4 is 5.32 Å². The summed E-state index contributed by atoms with van der Waals surface area (Å²) in [7, 11) is 0. The van der Waals surface area contributed by atoms with E-state index in [0.717, 1.165) is 5.56 Å². The maximum absolute atomic E-state index is 13.0. The molecule has 0 saturated heterocycles. The van der Waals surface area contributed by atoms with Gasteiger partial charge in [-0.2, -0.15) is 0 Å². The van der Waals surface area contributed by atoms with Gasteiger partial charge in [0.05, 0.1) is 9.95 Å². The molecule has 0 saturated carbocycles. The molecule has 0 aliphatic heterocycles. The van der Waals surface area contributed by atoms with Crippen LogP contribution >= 0.6 is 11.6 Å². The summed E-state index contributed by atoms with van der Waals surface area (Å²) < 4.78 is 13.0. The van der Waals surface area contributed by atoms with E-state index in [1.807, 2.05) is 0 Å². The Morgan fingerprint density at radius 1 is 1.45 bits per heavy atom. The second-order valence-electron chi connectivity index (χ2n) is 4.22. The number of anilines is 1. The quantitative estimate of drug-likeness (QED) is 0.690. The lowest BCUT2D eigenvalue weighted by molar-refractivity contribution is -0.385. The zero-order valence-corrected chi connectivity index (χ0v) is 11.3. The number of hydrogen-bond acceptors (Lipinski definition) is 4. The van der Waals surface area contributed by atoms with E-state index in [1.165, 1.54) is 24.4 Å². The van der Waals surface area contributed by atoms with Gasteiger partial charge in [0.1, 0.15) is 17.8 Å². The summed E-state index contributed by atoms with van der Waals surface area (Å²) in [5, 5.41) is 13.7. The number of aryl methyl sites for hydroxylation is 1. The lowest BCUT2D eigenvalue weighted by atomic mass is 10.2. The minimum atomic E-state index is -0.497. The average Bonchev–Trinajstić information content (AvgIpc) is 2.41. The fraction of sp³-hybridized carbons (Fsp3) is 0.154. The molecule has 2 rings (SSSR count). The number of benzene rings is 1. The molecule has 0 fully saturated rings. The summed E-state index contributed by atoms with van der Waals surface area (Å²) in [4.78, 5) is 14.1. The summed E-state index contributed by atoms with van der Waals surface area (Å²) in [5.41, 5.74) is 1.39. The molecule has 1 N–H and O–H groups in total. The number of pyridine rings is 1. The Morgan fingerprint density at radius 2 is 2.20 bits per heavy atom. The van der Waals surface area contributed by atoms with Crippen LogP contribution in [0.25, 0.3) is 0 Å². The van der Waals surface area contributed by atoms with Crippen LogP contribution in [0.4, 0.5) is 15.9 Å². The summed E-state index contributed by atoms with van der Waals surface area (Å²) in [5.74, 6) is 0.0658. The molecule has 0 amide bonds. The lowest BCUT2D eigenvalue weighted by Crippen LogP contribution is -2.04. The Labute approximate surface area is 119 Å².